The average Bonchev–Trinajstić information content (AvgIpc) is 2.77. The van der Waals surface area contributed by atoms with E-state index in [1.165, 1.54) is 24.1 Å². The Morgan fingerprint density at radius 3 is 2.84 bits per heavy atom. The summed E-state index contributed by atoms with van der Waals surface area (Å²) in [5.41, 5.74) is 2.56. The largest absolute Gasteiger partial charge is 0.369 e. The summed E-state index contributed by atoms with van der Waals surface area (Å²) in [7, 11) is 0. The summed E-state index contributed by atoms with van der Waals surface area (Å²) < 4.78 is 0. The number of rotatable bonds is 5. The van der Waals surface area contributed by atoms with Crippen LogP contribution in [0.2, 0.25) is 5.02 Å². The van der Waals surface area contributed by atoms with Crippen molar-refractivity contribution in [1.29, 1.82) is 0 Å². The minimum Gasteiger partial charge on any atom is -0.369 e. The van der Waals surface area contributed by atoms with E-state index in [1.807, 2.05) is 6.07 Å². The van der Waals surface area contributed by atoms with E-state index in [2.05, 4.69) is 43.1 Å². The van der Waals surface area contributed by atoms with E-state index in [-0.39, 0.29) is 0 Å². The second kappa shape index (κ2) is 6.62. The molecule has 2 rings (SSSR count). The number of benzene rings is 1. The lowest BCUT2D eigenvalue weighted by molar-refractivity contribution is 0.551. The summed E-state index contributed by atoms with van der Waals surface area (Å²) >= 11 is 6.40. The van der Waals surface area contributed by atoms with E-state index in [1.54, 1.807) is 0 Å². The summed E-state index contributed by atoms with van der Waals surface area (Å²) in [6.45, 7) is 9.79. The molecule has 1 aromatic rings. The third-order valence-corrected chi connectivity index (χ3v) is 4.17. The number of hydrogen-bond acceptors (Lipinski definition) is 2. The predicted octanol–water partition coefficient (Wildman–Crippen LogP) is 4.07. The van der Waals surface area contributed by atoms with Gasteiger partial charge in [0, 0.05) is 35.4 Å². The molecule has 1 N–H and O–H groups in total. The molecule has 1 saturated heterocycles. The number of anilines is 1. The summed E-state index contributed by atoms with van der Waals surface area (Å²) in [5, 5.41) is 4.39. The zero-order valence-electron chi connectivity index (χ0n) is 12.2. The highest BCUT2D eigenvalue weighted by Crippen LogP contribution is 2.32. The van der Waals surface area contributed by atoms with Crippen LogP contribution in [0.25, 0.3) is 0 Å². The molecule has 0 aliphatic carbocycles. The first-order valence-electron chi connectivity index (χ1n) is 7.34. The smallest absolute Gasteiger partial charge is 0.0471 e. The van der Waals surface area contributed by atoms with Crippen LogP contribution in [-0.2, 0) is 6.54 Å². The van der Waals surface area contributed by atoms with Crippen molar-refractivity contribution in [3.8, 4) is 0 Å². The molecule has 19 heavy (non-hydrogen) atoms. The van der Waals surface area contributed by atoms with Crippen molar-refractivity contribution in [2.24, 2.45) is 5.92 Å². The fourth-order valence-electron chi connectivity index (χ4n) is 2.77. The zero-order chi connectivity index (χ0) is 13.8. The third-order valence-electron chi connectivity index (χ3n) is 3.81. The number of nitrogens with one attached hydrogen (secondary N) is 1. The Morgan fingerprint density at radius 1 is 1.42 bits per heavy atom. The average molecular weight is 281 g/mol. The minimum atomic E-state index is 0.627. The SMILES string of the molecule is CC(C)CNCc1c(Cl)cccc1N1CCCC1C. The fraction of sp³-hybridized carbons (Fsp3) is 0.625. The molecule has 0 saturated carbocycles. The van der Waals surface area contributed by atoms with Crippen molar-refractivity contribution < 1.29 is 0 Å². The van der Waals surface area contributed by atoms with Gasteiger partial charge in [0.15, 0.2) is 0 Å². The Morgan fingerprint density at radius 2 is 2.21 bits per heavy atom. The van der Waals surface area contributed by atoms with Gasteiger partial charge in [-0.15, -0.1) is 0 Å². The highest BCUT2D eigenvalue weighted by molar-refractivity contribution is 6.31. The molecule has 1 aliphatic heterocycles. The molecule has 1 aromatic carbocycles. The molecule has 0 bridgehead atoms. The van der Waals surface area contributed by atoms with E-state index in [9.17, 15) is 0 Å². The van der Waals surface area contributed by atoms with Crippen LogP contribution in [-0.4, -0.2) is 19.1 Å². The molecular weight excluding hydrogens is 256 g/mol. The van der Waals surface area contributed by atoms with Gasteiger partial charge >= 0.3 is 0 Å². The van der Waals surface area contributed by atoms with Gasteiger partial charge in [0.25, 0.3) is 0 Å². The Bertz CT molecular complexity index is 417. The highest BCUT2D eigenvalue weighted by Gasteiger charge is 2.23. The van der Waals surface area contributed by atoms with Gasteiger partial charge in [-0.1, -0.05) is 31.5 Å². The minimum absolute atomic E-state index is 0.627. The van der Waals surface area contributed by atoms with Crippen molar-refractivity contribution in [3.63, 3.8) is 0 Å². The molecular formula is C16H25ClN2. The number of nitrogens with zero attached hydrogens (tertiary/aromatic N) is 1. The van der Waals surface area contributed by atoms with Crippen molar-refractivity contribution in [3.05, 3.63) is 28.8 Å². The van der Waals surface area contributed by atoms with Crippen LogP contribution in [0.15, 0.2) is 18.2 Å². The molecule has 0 amide bonds. The van der Waals surface area contributed by atoms with Gasteiger partial charge in [0.05, 0.1) is 0 Å². The molecule has 0 spiro atoms. The van der Waals surface area contributed by atoms with Gasteiger partial charge in [-0.2, -0.15) is 0 Å². The molecule has 0 radical (unpaired) electrons. The van der Waals surface area contributed by atoms with Crippen molar-refractivity contribution in [1.82, 2.24) is 5.32 Å². The maximum absolute atomic E-state index is 6.40. The van der Waals surface area contributed by atoms with Crippen LogP contribution >= 0.6 is 11.6 Å². The van der Waals surface area contributed by atoms with Crippen LogP contribution in [0, 0.1) is 5.92 Å². The lowest BCUT2D eigenvalue weighted by Gasteiger charge is -2.27. The van der Waals surface area contributed by atoms with E-state index in [0.29, 0.717) is 12.0 Å². The van der Waals surface area contributed by atoms with Gasteiger partial charge in [-0.3, -0.25) is 0 Å². The Kier molecular flexibility index (Phi) is 5.12. The van der Waals surface area contributed by atoms with Crippen molar-refractivity contribution >= 4 is 17.3 Å². The molecule has 1 unspecified atom stereocenters. The maximum Gasteiger partial charge on any atom is 0.0471 e. The second-order valence-electron chi connectivity index (χ2n) is 5.95. The second-order valence-corrected chi connectivity index (χ2v) is 6.35. The van der Waals surface area contributed by atoms with Crippen molar-refractivity contribution in [2.75, 3.05) is 18.0 Å². The molecule has 106 valence electrons. The van der Waals surface area contributed by atoms with Gasteiger partial charge in [0.1, 0.15) is 0 Å². The van der Waals surface area contributed by atoms with Gasteiger partial charge in [-0.05, 0) is 44.4 Å². The maximum atomic E-state index is 6.40. The molecule has 1 aliphatic rings. The molecule has 1 fully saturated rings. The molecule has 3 heteroatoms. The monoisotopic (exact) mass is 280 g/mol. The Balaban J connectivity index is 2.16. The molecule has 1 atom stereocenters. The highest BCUT2D eigenvalue weighted by atomic mass is 35.5. The van der Waals surface area contributed by atoms with Gasteiger partial charge < -0.3 is 10.2 Å². The number of hydrogen-bond donors (Lipinski definition) is 1. The zero-order valence-corrected chi connectivity index (χ0v) is 13.0. The molecule has 0 aromatic heterocycles. The lowest BCUT2D eigenvalue weighted by atomic mass is 10.1. The van der Waals surface area contributed by atoms with Crippen LogP contribution in [0.4, 0.5) is 5.69 Å². The van der Waals surface area contributed by atoms with Crippen LogP contribution < -0.4 is 10.2 Å². The van der Waals surface area contributed by atoms with E-state index in [4.69, 9.17) is 11.6 Å². The van der Waals surface area contributed by atoms with E-state index >= 15 is 0 Å². The summed E-state index contributed by atoms with van der Waals surface area (Å²) in [5.74, 6) is 0.664. The quantitative estimate of drug-likeness (QED) is 0.874. The van der Waals surface area contributed by atoms with Crippen LogP contribution in [0.5, 0.6) is 0 Å². The normalized spacial score (nSPS) is 19.4. The Labute approximate surface area is 122 Å². The third kappa shape index (κ3) is 3.64. The van der Waals surface area contributed by atoms with E-state index < -0.39 is 0 Å². The standard InChI is InChI=1S/C16H25ClN2/c1-12(2)10-18-11-14-15(17)7-4-8-16(14)19-9-5-6-13(19)3/h4,7-8,12-13,18H,5-6,9-11H2,1-3H3. The summed E-state index contributed by atoms with van der Waals surface area (Å²) in [6, 6.07) is 6.90. The Hall–Kier alpha value is -0.730. The van der Waals surface area contributed by atoms with Crippen molar-refractivity contribution in [2.45, 2.75) is 46.2 Å². The van der Waals surface area contributed by atoms with Gasteiger partial charge in [-0.25, -0.2) is 0 Å². The molecule has 2 nitrogen and oxygen atoms in total. The van der Waals surface area contributed by atoms with Crippen LogP contribution in [0.3, 0.4) is 0 Å². The molecule has 1 heterocycles. The first-order valence-corrected chi connectivity index (χ1v) is 7.72. The first-order chi connectivity index (χ1) is 9.09. The van der Waals surface area contributed by atoms with Crippen LogP contribution in [0.1, 0.15) is 39.2 Å². The topological polar surface area (TPSA) is 15.3 Å². The fourth-order valence-corrected chi connectivity index (χ4v) is 3.00. The predicted molar refractivity (Wildman–Crippen MR) is 84.0 cm³/mol. The lowest BCUT2D eigenvalue weighted by Crippen LogP contribution is -2.28. The van der Waals surface area contributed by atoms with E-state index in [0.717, 1.165) is 24.7 Å². The first kappa shape index (κ1) is 14.7. The number of halogens is 1. The summed E-state index contributed by atoms with van der Waals surface area (Å²) in [6.07, 6.45) is 2.57. The van der Waals surface area contributed by atoms with Gasteiger partial charge in [0.2, 0.25) is 0 Å². The summed E-state index contributed by atoms with van der Waals surface area (Å²) in [4.78, 5) is 2.50.